The van der Waals surface area contributed by atoms with E-state index >= 15 is 0 Å². The molecule has 1 aromatic carbocycles. The van der Waals surface area contributed by atoms with Gasteiger partial charge in [-0.15, -0.1) is 8.78 Å². The Bertz CT molecular complexity index is 683. The zero-order chi connectivity index (χ0) is 14.3. The molecule has 2 aromatic rings. The summed E-state index contributed by atoms with van der Waals surface area (Å²) in [7, 11) is 0. The highest BCUT2D eigenvalue weighted by Gasteiger charge is 2.43. The SMILES string of the molecule is Nc1cnc(Cl)nc1Nc1ccc2c(c1)OC(F)(F)O2. The van der Waals surface area contributed by atoms with Gasteiger partial charge in [0.15, 0.2) is 17.3 Å². The van der Waals surface area contributed by atoms with Crippen molar-refractivity contribution in [1.29, 1.82) is 0 Å². The molecule has 2 heterocycles. The molecule has 20 heavy (non-hydrogen) atoms. The molecule has 6 nitrogen and oxygen atoms in total. The van der Waals surface area contributed by atoms with Gasteiger partial charge in [0.1, 0.15) is 0 Å². The van der Waals surface area contributed by atoms with Crippen LogP contribution in [0.4, 0.5) is 26.0 Å². The van der Waals surface area contributed by atoms with Gasteiger partial charge >= 0.3 is 6.29 Å². The van der Waals surface area contributed by atoms with Crippen molar-refractivity contribution in [2.75, 3.05) is 11.1 Å². The number of alkyl halides is 2. The van der Waals surface area contributed by atoms with Crippen molar-refractivity contribution in [2.45, 2.75) is 6.29 Å². The van der Waals surface area contributed by atoms with E-state index in [2.05, 4.69) is 24.8 Å². The molecule has 0 saturated heterocycles. The molecule has 3 N–H and O–H groups in total. The maximum absolute atomic E-state index is 12.9. The summed E-state index contributed by atoms with van der Waals surface area (Å²) < 4.78 is 34.4. The van der Waals surface area contributed by atoms with Crippen LogP contribution in [0.3, 0.4) is 0 Å². The average Bonchev–Trinajstić information content (AvgIpc) is 2.67. The molecule has 1 aromatic heterocycles. The van der Waals surface area contributed by atoms with Crippen molar-refractivity contribution < 1.29 is 18.3 Å². The smallest absolute Gasteiger partial charge is 0.395 e. The lowest BCUT2D eigenvalue weighted by atomic mass is 10.2. The molecule has 3 rings (SSSR count). The second-order valence-corrected chi connectivity index (χ2v) is 4.24. The van der Waals surface area contributed by atoms with Crippen LogP contribution in [0.5, 0.6) is 11.5 Å². The van der Waals surface area contributed by atoms with Crippen molar-refractivity contribution in [3.63, 3.8) is 0 Å². The molecule has 0 unspecified atom stereocenters. The van der Waals surface area contributed by atoms with E-state index < -0.39 is 6.29 Å². The van der Waals surface area contributed by atoms with E-state index in [1.54, 1.807) is 0 Å². The summed E-state index contributed by atoms with van der Waals surface area (Å²) in [5.41, 5.74) is 6.37. The number of nitrogens with zero attached hydrogens (tertiary/aromatic N) is 2. The predicted octanol–water partition coefficient (Wildman–Crippen LogP) is 2.78. The summed E-state index contributed by atoms with van der Waals surface area (Å²) in [6.07, 6.45) is -2.32. The van der Waals surface area contributed by atoms with Gasteiger partial charge in [0, 0.05) is 11.8 Å². The molecule has 0 saturated carbocycles. The first kappa shape index (κ1) is 12.7. The minimum absolute atomic E-state index is 0.00831. The van der Waals surface area contributed by atoms with Gasteiger partial charge in [-0.1, -0.05) is 0 Å². The van der Waals surface area contributed by atoms with Crippen LogP contribution < -0.4 is 20.5 Å². The van der Waals surface area contributed by atoms with E-state index in [1.807, 2.05) is 0 Å². The number of nitrogen functional groups attached to an aromatic ring is 1. The van der Waals surface area contributed by atoms with Crippen molar-refractivity contribution in [3.05, 3.63) is 29.7 Å². The van der Waals surface area contributed by atoms with E-state index in [4.69, 9.17) is 17.3 Å². The van der Waals surface area contributed by atoms with Gasteiger partial charge in [0.2, 0.25) is 5.28 Å². The second-order valence-electron chi connectivity index (χ2n) is 3.90. The quantitative estimate of drug-likeness (QED) is 0.830. The van der Waals surface area contributed by atoms with Gasteiger partial charge in [-0.25, -0.2) is 4.98 Å². The van der Waals surface area contributed by atoms with Crippen molar-refractivity contribution in [3.8, 4) is 11.5 Å². The number of ether oxygens (including phenoxy) is 2. The Hall–Kier alpha value is -2.35. The van der Waals surface area contributed by atoms with Crippen molar-refractivity contribution >= 4 is 28.8 Å². The number of rotatable bonds is 2. The van der Waals surface area contributed by atoms with Crippen molar-refractivity contribution in [2.24, 2.45) is 0 Å². The Morgan fingerprint density at radius 1 is 1.25 bits per heavy atom. The first-order valence-corrected chi connectivity index (χ1v) is 5.76. The third-order valence-electron chi connectivity index (χ3n) is 2.45. The van der Waals surface area contributed by atoms with Crippen LogP contribution in [0.15, 0.2) is 24.4 Å². The lowest BCUT2D eigenvalue weighted by Gasteiger charge is -2.08. The van der Waals surface area contributed by atoms with Crippen LogP contribution in [0.1, 0.15) is 0 Å². The maximum atomic E-state index is 12.9. The largest absolute Gasteiger partial charge is 0.586 e. The van der Waals surface area contributed by atoms with E-state index in [9.17, 15) is 8.78 Å². The van der Waals surface area contributed by atoms with Gasteiger partial charge < -0.3 is 20.5 Å². The van der Waals surface area contributed by atoms with Gasteiger partial charge in [0.25, 0.3) is 0 Å². The van der Waals surface area contributed by atoms with E-state index in [-0.39, 0.29) is 28.3 Å². The number of hydrogen-bond acceptors (Lipinski definition) is 6. The van der Waals surface area contributed by atoms with E-state index in [1.165, 1.54) is 24.4 Å². The zero-order valence-corrected chi connectivity index (χ0v) is 10.5. The van der Waals surface area contributed by atoms with Crippen LogP contribution in [0.2, 0.25) is 5.28 Å². The Balaban J connectivity index is 1.88. The van der Waals surface area contributed by atoms with Gasteiger partial charge in [-0.05, 0) is 23.7 Å². The van der Waals surface area contributed by atoms with Crippen LogP contribution in [0.25, 0.3) is 0 Å². The van der Waals surface area contributed by atoms with Crippen LogP contribution in [0, 0.1) is 0 Å². The molecule has 1 aliphatic heterocycles. The molecule has 0 aliphatic carbocycles. The summed E-state index contributed by atoms with van der Waals surface area (Å²) in [4.78, 5) is 7.59. The zero-order valence-electron chi connectivity index (χ0n) is 9.73. The second kappa shape index (κ2) is 4.34. The number of nitrogens with one attached hydrogen (secondary N) is 1. The fourth-order valence-electron chi connectivity index (χ4n) is 1.63. The first-order valence-electron chi connectivity index (χ1n) is 5.38. The normalized spacial score (nSPS) is 15.2. The van der Waals surface area contributed by atoms with Crippen LogP contribution >= 0.6 is 11.6 Å². The molecule has 0 atom stereocenters. The van der Waals surface area contributed by atoms with E-state index in [0.717, 1.165) is 0 Å². The Morgan fingerprint density at radius 3 is 2.80 bits per heavy atom. The lowest BCUT2D eigenvalue weighted by Crippen LogP contribution is -2.25. The summed E-state index contributed by atoms with van der Waals surface area (Å²) in [6, 6.07) is 4.20. The number of hydrogen-bond donors (Lipinski definition) is 2. The minimum atomic E-state index is -3.65. The molecule has 0 bridgehead atoms. The molecule has 9 heteroatoms. The third kappa shape index (κ3) is 2.37. The number of aromatic nitrogens is 2. The maximum Gasteiger partial charge on any atom is 0.586 e. The monoisotopic (exact) mass is 300 g/mol. The average molecular weight is 301 g/mol. The molecular formula is C11H7ClF2N4O2. The molecule has 1 aliphatic rings. The minimum Gasteiger partial charge on any atom is -0.395 e. The van der Waals surface area contributed by atoms with Crippen LogP contribution in [-0.2, 0) is 0 Å². The highest BCUT2D eigenvalue weighted by atomic mass is 35.5. The number of anilines is 3. The fourth-order valence-corrected chi connectivity index (χ4v) is 1.77. The molecular weight excluding hydrogens is 294 g/mol. The number of halogens is 3. The molecule has 0 radical (unpaired) electrons. The Kier molecular flexibility index (Phi) is 2.75. The molecule has 0 spiro atoms. The highest BCUT2D eigenvalue weighted by Crippen LogP contribution is 2.42. The molecule has 104 valence electrons. The predicted molar refractivity (Wildman–Crippen MR) is 67.4 cm³/mol. The summed E-state index contributed by atoms with van der Waals surface area (Å²) in [6.45, 7) is 0. The molecule has 0 fully saturated rings. The summed E-state index contributed by atoms with van der Waals surface area (Å²) >= 11 is 5.65. The molecule has 0 amide bonds. The lowest BCUT2D eigenvalue weighted by molar-refractivity contribution is -0.286. The Morgan fingerprint density at radius 2 is 2.00 bits per heavy atom. The Labute approximate surface area is 116 Å². The highest BCUT2D eigenvalue weighted by molar-refractivity contribution is 6.28. The summed E-state index contributed by atoms with van der Waals surface area (Å²) in [5.74, 6) is 0.128. The first-order chi connectivity index (χ1) is 9.43. The number of benzene rings is 1. The number of nitrogens with two attached hydrogens (primary N) is 1. The van der Waals surface area contributed by atoms with Gasteiger partial charge in [-0.3, -0.25) is 0 Å². The van der Waals surface area contributed by atoms with Gasteiger partial charge in [-0.2, -0.15) is 4.98 Å². The fraction of sp³-hybridized carbons (Fsp3) is 0.0909. The standard InChI is InChI=1S/C11H7ClF2N4O2/c12-10-16-4-6(15)9(18-10)17-5-1-2-7-8(3-5)20-11(13,14)19-7/h1-4H,15H2,(H,16,17,18). The number of fused-ring (bicyclic) bond motifs is 1. The summed E-state index contributed by atoms with van der Waals surface area (Å²) in [5, 5.41) is 2.84. The topological polar surface area (TPSA) is 82.3 Å². The van der Waals surface area contributed by atoms with Crippen molar-refractivity contribution in [1.82, 2.24) is 9.97 Å². The third-order valence-corrected chi connectivity index (χ3v) is 2.63. The van der Waals surface area contributed by atoms with Gasteiger partial charge in [0.05, 0.1) is 11.9 Å². The van der Waals surface area contributed by atoms with Crippen LogP contribution in [-0.4, -0.2) is 16.3 Å². The van der Waals surface area contributed by atoms with E-state index in [0.29, 0.717) is 5.69 Å².